The van der Waals surface area contributed by atoms with E-state index in [1.54, 1.807) is 7.11 Å². The summed E-state index contributed by atoms with van der Waals surface area (Å²) in [5.41, 5.74) is 1.26. The van der Waals surface area contributed by atoms with E-state index in [4.69, 9.17) is 9.47 Å². The average molecular weight is 235 g/mol. The summed E-state index contributed by atoms with van der Waals surface area (Å²) in [6, 6.07) is 8.12. The highest BCUT2D eigenvalue weighted by atomic mass is 16.5. The minimum atomic E-state index is 0.0703. The molecule has 1 aromatic rings. The highest BCUT2D eigenvalue weighted by molar-refractivity contribution is 5.33. The molecule has 0 amide bonds. The largest absolute Gasteiger partial charge is 0.496 e. The lowest BCUT2D eigenvalue weighted by Crippen LogP contribution is -2.47. The lowest BCUT2D eigenvalue weighted by atomic mass is 9.94. The summed E-state index contributed by atoms with van der Waals surface area (Å²) < 4.78 is 11.0. The van der Waals surface area contributed by atoms with E-state index in [9.17, 15) is 0 Å². The summed E-state index contributed by atoms with van der Waals surface area (Å²) in [7, 11) is 1.71. The van der Waals surface area contributed by atoms with E-state index in [0.717, 1.165) is 25.3 Å². The van der Waals surface area contributed by atoms with Gasteiger partial charge in [-0.15, -0.1) is 0 Å². The van der Waals surface area contributed by atoms with Gasteiger partial charge < -0.3 is 14.8 Å². The van der Waals surface area contributed by atoms with Crippen LogP contribution >= 0.6 is 0 Å². The summed E-state index contributed by atoms with van der Waals surface area (Å²) in [5.74, 6) is 0.940. The van der Waals surface area contributed by atoms with Crippen molar-refractivity contribution in [1.29, 1.82) is 0 Å². The van der Waals surface area contributed by atoms with Gasteiger partial charge in [-0.25, -0.2) is 0 Å². The van der Waals surface area contributed by atoms with Crippen LogP contribution in [0.2, 0.25) is 0 Å². The standard InChI is InChI=1S/C14H21NO2/c1-11-14(2,8-9-17-11)15-10-12-6-4-5-7-13(12)16-3/h4-7,11,15H,8-10H2,1-3H3. The van der Waals surface area contributed by atoms with Gasteiger partial charge in [-0.3, -0.25) is 0 Å². The normalized spacial score (nSPS) is 28.3. The van der Waals surface area contributed by atoms with Crippen LogP contribution in [0.1, 0.15) is 25.8 Å². The lowest BCUT2D eigenvalue weighted by molar-refractivity contribution is 0.0880. The second-order valence-electron chi connectivity index (χ2n) is 4.85. The lowest BCUT2D eigenvalue weighted by Gasteiger charge is -2.29. The van der Waals surface area contributed by atoms with Crippen molar-refractivity contribution in [2.75, 3.05) is 13.7 Å². The third-order valence-corrected chi connectivity index (χ3v) is 3.76. The van der Waals surface area contributed by atoms with E-state index in [1.807, 2.05) is 18.2 Å². The molecule has 1 saturated heterocycles. The van der Waals surface area contributed by atoms with Gasteiger partial charge in [-0.05, 0) is 26.3 Å². The van der Waals surface area contributed by atoms with Gasteiger partial charge in [0.25, 0.3) is 0 Å². The number of ether oxygens (including phenoxy) is 2. The first-order chi connectivity index (χ1) is 8.15. The van der Waals surface area contributed by atoms with Crippen molar-refractivity contribution in [2.24, 2.45) is 0 Å². The van der Waals surface area contributed by atoms with Gasteiger partial charge in [0, 0.05) is 24.3 Å². The number of para-hydroxylation sites is 1. The molecule has 17 heavy (non-hydrogen) atoms. The fourth-order valence-corrected chi connectivity index (χ4v) is 2.21. The monoisotopic (exact) mass is 235 g/mol. The molecule has 1 aliphatic heterocycles. The third kappa shape index (κ3) is 2.61. The van der Waals surface area contributed by atoms with Crippen molar-refractivity contribution < 1.29 is 9.47 Å². The zero-order valence-corrected chi connectivity index (χ0v) is 10.8. The van der Waals surface area contributed by atoms with Crippen LogP contribution in [0.4, 0.5) is 0 Å². The Morgan fingerprint density at radius 2 is 2.24 bits per heavy atom. The maximum atomic E-state index is 5.62. The third-order valence-electron chi connectivity index (χ3n) is 3.76. The maximum absolute atomic E-state index is 5.62. The Hall–Kier alpha value is -1.06. The maximum Gasteiger partial charge on any atom is 0.123 e. The molecule has 0 aromatic heterocycles. The number of benzene rings is 1. The van der Waals surface area contributed by atoms with Crippen LogP contribution in [-0.2, 0) is 11.3 Å². The second kappa shape index (κ2) is 5.07. The summed E-state index contributed by atoms with van der Waals surface area (Å²) in [4.78, 5) is 0. The van der Waals surface area contributed by atoms with E-state index in [1.165, 1.54) is 5.56 Å². The van der Waals surface area contributed by atoms with Crippen LogP contribution < -0.4 is 10.1 Å². The van der Waals surface area contributed by atoms with Gasteiger partial charge in [-0.2, -0.15) is 0 Å². The summed E-state index contributed by atoms with van der Waals surface area (Å²) in [6.07, 6.45) is 1.32. The van der Waals surface area contributed by atoms with Gasteiger partial charge >= 0.3 is 0 Å². The van der Waals surface area contributed by atoms with Crippen LogP contribution in [0, 0.1) is 0 Å². The molecular formula is C14H21NO2. The molecule has 2 unspecified atom stereocenters. The summed E-state index contributed by atoms with van der Waals surface area (Å²) >= 11 is 0. The van der Waals surface area contributed by atoms with Crippen LogP contribution in [0.25, 0.3) is 0 Å². The minimum Gasteiger partial charge on any atom is -0.496 e. The van der Waals surface area contributed by atoms with Crippen LogP contribution in [-0.4, -0.2) is 25.4 Å². The molecule has 1 aliphatic rings. The van der Waals surface area contributed by atoms with E-state index < -0.39 is 0 Å². The van der Waals surface area contributed by atoms with Crippen molar-refractivity contribution in [1.82, 2.24) is 5.32 Å². The molecule has 0 aliphatic carbocycles. The van der Waals surface area contributed by atoms with Crippen molar-refractivity contribution in [3.63, 3.8) is 0 Å². The van der Waals surface area contributed by atoms with Gasteiger partial charge in [0.15, 0.2) is 0 Å². The number of methoxy groups -OCH3 is 1. The molecule has 2 rings (SSSR count). The molecule has 1 fully saturated rings. The number of hydrogen-bond acceptors (Lipinski definition) is 3. The molecule has 0 saturated carbocycles. The molecule has 0 radical (unpaired) electrons. The predicted molar refractivity (Wildman–Crippen MR) is 68.3 cm³/mol. The van der Waals surface area contributed by atoms with Crippen molar-refractivity contribution in [3.8, 4) is 5.75 Å². The van der Waals surface area contributed by atoms with Gasteiger partial charge in [0.05, 0.1) is 13.2 Å². The molecule has 94 valence electrons. The second-order valence-corrected chi connectivity index (χ2v) is 4.85. The van der Waals surface area contributed by atoms with Crippen molar-refractivity contribution in [3.05, 3.63) is 29.8 Å². The molecular weight excluding hydrogens is 214 g/mol. The Balaban J connectivity index is 2.02. The summed E-state index contributed by atoms with van der Waals surface area (Å²) in [6.45, 7) is 6.01. The SMILES string of the molecule is COc1ccccc1CNC1(C)CCOC1C. The molecule has 2 atom stereocenters. The first-order valence-electron chi connectivity index (χ1n) is 6.14. The Labute approximate surface area is 103 Å². The number of nitrogens with one attached hydrogen (secondary N) is 1. The molecule has 0 bridgehead atoms. The molecule has 1 N–H and O–H groups in total. The van der Waals surface area contributed by atoms with E-state index in [0.29, 0.717) is 0 Å². The molecule has 0 spiro atoms. The molecule has 3 heteroatoms. The molecule has 3 nitrogen and oxygen atoms in total. The number of hydrogen-bond donors (Lipinski definition) is 1. The zero-order valence-electron chi connectivity index (χ0n) is 10.8. The van der Waals surface area contributed by atoms with Crippen LogP contribution in [0.5, 0.6) is 5.75 Å². The Morgan fingerprint density at radius 1 is 1.47 bits per heavy atom. The number of rotatable bonds is 4. The highest BCUT2D eigenvalue weighted by Crippen LogP contribution is 2.26. The van der Waals surface area contributed by atoms with Gasteiger partial charge in [0.2, 0.25) is 0 Å². The minimum absolute atomic E-state index is 0.0703. The Morgan fingerprint density at radius 3 is 2.88 bits per heavy atom. The first kappa shape index (κ1) is 12.4. The Kier molecular flexibility index (Phi) is 3.69. The van der Waals surface area contributed by atoms with Crippen molar-refractivity contribution in [2.45, 2.75) is 38.5 Å². The molecule has 1 aromatic carbocycles. The first-order valence-corrected chi connectivity index (χ1v) is 6.14. The van der Waals surface area contributed by atoms with E-state index in [2.05, 4.69) is 25.2 Å². The van der Waals surface area contributed by atoms with E-state index >= 15 is 0 Å². The van der Waals surface area contributed by atoms with Gasteiger partial charge in [0.1, 0.15) is 5.75 Å². The Bertz CT molecular complexity index is 380. The topological polar surface area (TPSA) is 30.5 Å². The van der Waals surface area contributed by atoms with Crippen molar-refractivity contribution >= 4 is 0 Å². The van der Waals surface area contributed by atoms with Crippen LogP contribution in [0.3, 0.4) is 0 Å². The summed E-state index contributed by atoms with van der Waals surface area (Å²) in [5, 5.41) is 3.59. The average Bonchev–Trinajstić information content (AvgIpc) is 2.68. The smallest absolute Gasteiger partial charge is 0.123 e. The van der Waals surface area contributed by atoms with Gasteiger partial charge in [-0.1, -0.05) is 18.2 Å². The fraction of sp³-hybridized carbons (Fsp3) is 0.571. The predicted octanol–water partition coefficient (Wildman–Crippen LogP) is 2.35. The van der Waals surface area contributed by atoms with E-state index in [-0.39, 0.29) is 11.6 Å². The molecule has 1 heterocycles. The van der Waals surface area contributed by atoms with Crippen LogP contribution in [0.15, 0.2) is 24.3 Å². The fourth-order valence-electron chi connectivity index (χ4n) is 2.21. The highest BCUT2D eigenvalue weighted by Gasteiger charge is 2.36. The zero-order chi connectivity index (χ0) is 12.3. The quantitative estimate of drug-likeness (QED) is 0.869.